The van der Waals surface area contributed by atoms with E-state index in [-0.39, 0.29) is 60.2 Å². The summed E-state index contributed by atoms with van der Waals surface area (Å²) in [6.45, 7) is 8.05. The number of carbonyl (C=O) groups is 1. The molecule has 2 aliphatic heterocycles. The van der Waals surface area contributed by atoms with E-state index in [9.17, 15) is 19.7 Å². The predicted molar refractivity (Wildman–Crippen MR) is 143 cm³/mol. The third kappa shape index (κ3) is 4.15. The van der Waals surface area contributed by atoms with Gasteiger partial charge in [0.2, 0.25) is 5.91 Å². The van der Waals surface area contributed by atoms with Crippen LogP contribution < -0.4 is 16.2 Å². The normalized spacial score (nSPS) is 20.2. The Bertz CT molecular complexity index is 1690. The van der Waals surface area contributed by atoms with E-state index >= 15 is 0 Å². The van der Waals surface area contributed by atoms with E-state index in [1.807, 2.05) is 31.9 Å². The number of hydrogen-bond donors (Lipinski definition) is 2. The van der Waals surface area contributed by atoms with Gasteiger partial charge in [-0.05, 0) is 43.7 Å². The number of fused-ring (bicyclic) bond motifs is 1. The van der Waals surface area contributed by atoms with Crippen LogP contribution in [0.3, 0.4) is 0 Å². The van der Waals surface area contributed by atoms with Gasteiger partial charge >= 0.3 is 0 Å². The average Bonchev–Trinajstić information content (AvgIpc) is 3.43. The van der Waals surface area contributed by atoms with Gasteiger partial charge in [0, 0.05) is 41.0 Å². The van der Waals surface area contributed by atoms with Crippen molar-refractivity contribution in [3.8, 4) is 12.1 Å². The Hall–Kier alpha value is -3.79. The summed E-state index contributed by atoms with van der Waals surface area (Å²) in [6, 6.07) is 8.43. The minimum absolute atomic E-state index is 0.0171. The lowest BCUT2D eigenvalue weighted by molar-refractivity contribution is -0.126. The van der Waals surface area contributed by atoms with Crippen molar-refractivity contribution < 1.29 is 9.18 Å². The second-order valence-corrected chi connectivity index (χ2v) is 10.4. The van der Waals surface area contributed by atoms with Crippen molar-refractivity contribution in [2.45, 2.75) is 37.2 Å². The van der Waals surface area contributed by atoms with Crippen molar-refractivity contribution in [2.24, 2.45) is 0 Å². The van der Waals surface area contributed by atoms with E-state index < -0.39 is 5.82 Å². The number of nitrogens with one attached hydrogen (secondary N) is 1. The fourth-order valence-corrected chi connectivity index (χ4v) is 6.38. The van der Waals surface area contributed by atoms with Crippen LogP contribution in [0.2, 0.25) is 5.02 Å². The summed E-state index contributed by atoms with van der Waals surface area (Å²) in [5.74, 6) is -0.676. The predicted octanol–water partition coefficient (Wildman–Crippen LogP) is 3.21. The second kappa shape index (κ2) is 9.93. The zero-order chi connectivity index (χ0) is 27.2. The molecular weight excluding hydrogens is 511 g/mol. The van der Waals surface area contributed by atoms with Crippen LogP contribution in [0, 0.1) is 44.3 Å². The van der Waals surface area contributed by atoms with Gasteiger partial charge in [0.15, 0.2) is 0 Å². The number of nitrogens with two attached hydrogens (primary N) is 1. The zero-order valence-electron chi connectivity index (χ0n) is 20.5. The third-order valence-corrected chi connectivity index (χ3v) is 8.50. The molecule has 3 N–H and O–H groups in total. The first kappa shape index (κ1) is 26.3. The molecule has 0 bridgehead atoms. The molecule has 1 fully saturated rings. The summed E-state index contributed by atoms with van der Waals surface area (Å²) in [6.07, 6.45) is 2.07. The van der Waals surface area contributed by atoms with Gasteiger partial charge in [-0.15, -0.1) is 0 Å². The van der Waals surface area contributed by atoms with Crippen molar-refractivity contribution in [1.29, 1.82) is 15.9 Å². The van der Waals surface area contributed by atoms with E-state index in [2.05, 4.69) is 12.6 Å². The molecule has 2 unspecified atom stereocenters. The number of rotatable bonds is 3. The van der Waals surface area contributed by atoms with Crippen LogP contribution in [-0.4, -0.2) is 46.4 Å². The molecule has 0 aliphatic carbocycles. The van der Waals surface area contributed by atoms with Gasteiger partial charge in [0.1, 0.15) is 23.0 Å². The molecule has 1 amide bonds. The zero-order valence-corrected chi connectivity index (χ0v) is 22.1. The molecule has 4 rings (SSSR count). The highest BCUT2D eigenvalue weighted by molar-refractivity contribution is 8.15. The molecule has 0 saturated carbocycles. The van der Waals surface area contributed by atoms with E-state index in [1.165, 1.54) is 18.2 Å². The Balaban J connectivity index is 2.02. The number of likely N-dealkylation sites (N-methyl/N-ethyl adjacent to an activating group) is 1. The summed E-state index contributed by atoms with van der Waals surface area (Å²) in [4.78, 5) is 16.2. The van der Waals surface area contributed by atoms with Crippen molar-refractivity contribution >= 4 is 51.3 Å². The van der Waals surface area contributed by atoms with Gasteiger partial charge in [0.25, 0.3) is 0 Å². The summed E-state index contributed by atoms with van der Waals surface area (Å²) in [7, 11) is 1.91. The van der Waals surface area contributed by atoms with E-state index in [0.29, 0.717) is 17.0 Å². The highest BCUT2D eigenvalue weighted by Crippen LogP contribution is 2.30. The first-order chi connectivity index (χ1) is 17.6. The fourth-order valence-electron chi connectivity index (χ4n) is 5.14. The van der Waals surface area contributed by atoms with Gasteiger partial charge in [-0.1, -0.05) is 36.0 Å². The van der Waals surface area contributed by atoms with Crippen molar-refractivity contribution in [3.63, 3.8) is 0 Å². The molecule has 0 spiro atoms. The number of likely N-dealkylation sites (tertiary alicyclic amines) is 1. The summed E-state index contributed by atoms with van der Waals surface area (Å²) >= 11 is 7.62. The molecule has 0 radical (unpaired) electrons. The number of benzene rings is 2. The maximum absolute atomic E-state index is 14.6. The molecule has 188 valence electrons. The van der Waals surface area contributed by atoms with Crippen LogP contribution in [0.4, 0.5) is 10.1 Å². The number of amides is 1. The molecular formula is C27H24ClFN6OS. The second-order valence-electron chi connectivity index (χ2n) is 8.93. The van der Waals surface area contributed by atoms with E-state index in [1.54, 1.807) is 11.0 Å². The minimum Gasteiger partial charge on any atom is -0.397 e. The van der Waals surface area contributed by atoms with E-state index in [0.717, 1.165) is 23.9 Å². The average molecular weight is 535 g/mol. The Morgan fingerprint density at radius 3 is 2.70 bits per heavy atom. The number of hydrogen-bond acceptors (Lipinski definition) is 7. The van der Waals surface area contributed by atoms with Crippen LogP contribution >= 0.6 is 23.4 Å². The highest BCUT2D eigenvalue weighted by atomic mass is 35.5. The molecule has 37 heavy (non-hydrogen) atoms. The molecule has 2 aromatic carbocycles. The van der Waals surface area contributed by atoms with Gasteiger partial charge < -0.3 is 15.5 Å². The SMILES string of the molecule is C=CC(=O)N1CCC(N(C)/C(C)=c2\cc(Cl)/c(=c3\ccc(F)c4c3=C(C#N)C(=N)S4)c(C#N)c2N)C1C. The monoisotopic (exact) mass is 534 g/mol. The fraction of sp³-hybridized carbons (Fsp3) is 0.259. The Labute approximate surface area is 222 Å². The lowest BCUT2D eigenvalue weighted by atomic mass is 10.0. The number of nitrogens with zero attached hydrogens (tertiary/aromatic N) is 4. The van der Waals surface area contributed by atoms with Crippen molar-refractivity contribution in [1.82, 2.24) is 9.80 Å². The van der Waals surface area contributed by atoms with Crippen molar-refractivity contribution in [3.05, 3.63) is 68.1 Å². The highest BCUT2D eigenvalue weighted by Gasteiger charge is 2.35. The molecule has 2 atom stereocenters. The summed E-state index contributed by atoms with van der Waals surface area (Å²) < 4.78 is 14.6. The number of halogens is 2. The van der Waals surface area contributed by atoms with Crippen molar-refractivity contribution in [2.75, 3.05) is 19.3 Å². The van der Waals surface area contributed by atoms with Crippen LogP contribution in [0.25, 0.3) is 11.3 Å². The van der Waals surface area contributed by atoms with Crippen LogP contribution in [0.5, 0.6) is 0 Å². The lowest BCUT2D eigenvalue weighted by Crippen LogP contribution is -2.43. The smallest absolute Gasteiger partial charge is 0.246 e. The first-order valence-electron chi connectivity index (χ1n) is 11.5. The van der Waals surface area contributed by atoms with Crippen LogP contribution in [0.15, 0.2) is 35.7 Å². The number of anilines is 1. The third-order valence-electron chi connectivity index (χ3n) is 7.19. The van der Waals surface area contributed by atoms with Crippen LogP contribution in [-0.2, 0) is 4.79 Å². The maximum Gasteiger partial charge on any atom is 0.246 e. The minimum atomic E-state index is -0.557. The summed E-state index contributed by atoms with van der Waals surface area (Å²) in [5, 5.41) is 29.5. The Morgan fingerprint density at radius 1 is 1.38 bits per heavy atom. The molecule has 2 aromatic rings. The Morgan fingerprint density at radius 2 is 2.08 bits per heavy atom. The Kier molecular flexibility index (Phi) is 7.05. The van der Waals surface area contributed by atoms with E-state index in [4.69, 9.17) is 22.7 Å². The van der Waals surface area contributed by atoms with Crippen LogP contribution in [0.1, 0.15) is 25.8 Å². The number of thioether (sulfide) groups is 1. The first-order valence-corrected chi connectivity index (χ1v) is 12.7. The molecule has 10 heteroatoms. The quantitative estimate of drug-likeness (QED) is 0.461. The number of nitrogen functional groups attached to an aromatic ring is 1. The topological polar surface area (TPSA) is 121 Å². The van der Waals surface area contributed by atoms with Gasteiger partial charge in [-0.2, -0.15) is 10.5 Å². The van der Waals surface area contributed by atoms with Gasteiger partial charge in [-0.25, -0.2) is 4.39 Å². The molecule has 1 saturated heterocycles. The largest absolute Gasteiger partial charge is 0.397 e. The molecule has 7 nitrogen and oxygen atoms in total. The van der Waals surface area contributed by atoms with Gasteiger partial charge in [0.05, 0.1) is 32.8 Å². The number of nitriles is 2. The summed E-state index contributed by atoms with van der Waals surface area (Å²) in [5.41, 5.74) is 7.64. The standard InChI is InChI=1S/C27H24ClFN6OS/c1-5-22(36)35-9-8-21(14(35)3)34(4)13(2)16-10-19(28)23(17(11-30)25(16)32)15-6-7-20(29)26-24(15)18(12-31)27(33)37-26/h5-7,10,14,21,33H,1,8-9,32H2,2-4H3/b16-13+,23-15+,33-27?. The van der Waals surface area contributed by atoms with Gasteiger partial charge in [-0.3, -0.25) is 10.2 Å². The number of carbonyl (C=O) groups excluding carboxylic acids is 1. The molecule has 0 aromatic heterocycles. The molecule has 2 aliphatic rings. The lowest BCUT2D eigenvalue weighted by Gasteiger charge is -2.32. The molecule has 2 heterocycles. The maximum atomic E-state index is 14.6.